The summed E-state index contributed by atoms with van der Waals surface area (Å²) in [5.74, 6) is -0.625. The molecule has 0 fully saturated rings. The summed E-state index contributed by atoms with van der Waals surface area (Å²) < 4.78 is 30.5. The lowest BCUT2D eigenvalue weighted by Crippen LogP contribution is -2.47. The van der Waals surface area contributed by atoms with Gasteiger partial charge in [0.25, 0.3) is 0 Å². The highest BCUT2D eigenvalue weighted by atomic mass is 31.2. The van der Waals surface area contributed by atoms with Crippen molar-refractivity contribution in [2.75, 3.05) is 40.9 Å². The zero-order valence-corrected chi connectivity index (χ0v) is 48.0. The fourth-order valence-corrected chi connectivity index (χ4v) is 7.97. The maximum absolute atomic E-state index is 13.5. The summed E-state index contributed by atoms with van der Waals surface area (Å²) in [6, 6.07) is -0.901. The maximum Gasteiger partial charge on any atom is 0.472 e. The first-order chi connectivity index (χ1) is 35.4. The Morgan fingerprint density at radius 3 is 1.34 bits per heavy atom. The highest BCUT2D eigenvalue weighted by molar-refractivity contribution is 7.47. The van der Waals surface area contributed by atoms with Gasteiger partial charge in [-0.05, 0) is 115 Å². The van der Waals surface area contributed by atoms with E-state index in [0.29, 0.717) is 23.9 Å². The first kappa shape index (κ1) is 69.2. The second-order valence-corrected chi connectivity index (χ2v) is 21.1. The number of unbranched alkanes of at least 4 members (excludes halogenated alkanes) is 13. The summed E-state index contributed by atoms with van der Waals surface area (Å²) in [4.78, 5) is 37.5. The molecule has 0 rings (SSSR count). The Morgan fingerprint density at radius 2 is 0.890 bits per heavy atom. The van der Waals surface area contributed by atoms with Crippen LogP contribution in [-0.2, 0) is 27.9 Å². The fourth-order valence-electron chi connectivity index (χ4n) is 7.23. The molecule has 0 aromatic heterocycles. The molecule has 2 N–H and O–H groups in total. The molecule has 3 atom stereocenters. The SMILES string of the molecule is CC/C=C\C/C=C\C/C=C\C/C=C\C/C=C\CCCCCC(=O)OC(/C=C/CCCCCCCCCCC)C(COP(=O)(O)OCC[N+](C)(C)C)NC(=O)CCC/C=C\C/C=C\C/C=C\C/C=C\C/C=C\CC. The molecule has 1 amide bonds. The zero-order chi connectivity index (χ0) is 53.6. The first-order valence-corrected chi connectivity index (χ1v) is 30.0. The van der Waals surface area contributed by atoms with Crippen LogP contribution < -0.4 is 5.32 Å². The van der Waals surface area contributed by atoms with Gasteiger partial charge in [-0.15, -0.1) is 0 Å². The second-order valence-electron chi connectivity index (χ2n) is 19.7. The van der Waals surface area contributed by atoms with Crippen molar-refractivity contribution in [2.24, 2.45) is 0 Å². The maximum atomic E-state index is 13.5. The summed E-state index contributed by atoms with van der Waals surface area (Å²) in [7, 11) is 1.42. The molecular formula is C63H106N2O7P+. The van der Waals surface area contributed by atoms with Crippen molar-refractivity contribution in [1.82, 2.24) is 5.32 Å². The number of ether oxygens (including phenoxy) is 1. The van der Waals surface area contributed by atoms with Gasteiger partial charge in [0.1, 0.15) is 19.3 Å². The number of amides is 1. The number of nitrogens with zero attached hydrogens (tertiary/aromatic N) is 1. The number of rotatable bonds is 49. The summed E-state index contributed by atoms with van der Waals surface area (Å²) in [6.45, 7) is 6.67. The number of phosphoric acid groups is 1. The number of phosphoric ester groups is 1. The molecule has 0 spiro atoms. The van der Waals surface area contributed by atoms with Crippen LogP contribution in [0, 0.1) is 0 Å². The van der Waals surface area contributed by atoms with Crippen LogP contribution in [0.15, 0.2) is 134 Å². The van der Waals surface area contributed by atoms with Crippen molar-refractivity contribution in [3.8, 4) is 0 Å². The number of allylic oxidation sites excluding steroid dienone is 21. The van der Waals surface area contributed by atoms with Crippen molar-refractivity contribution in [3.05, 3.63) is 134 Å². The van der Waals surface area contributed by atoms with Crippen LogP contribution in [0.1, 0.15) is 201 Å². The third-order valence-corrected chi connectivity index (χ3v) is 12.6. The Morgan fingerprint density at radius 1 is 0.493 bits per heavy atom. The highest BCUT2D eigenvalue weighted by Gasteiger charge is 2.30. The van der Waals surface area contributed by atoms with Crippen LogP contribution in [0.4, 0.5) is 0 Å². The van der Waals surface area contributed by atoms with E-state index in [2.05, 4.69) is 148 Å². The lowest BCUT2D eigenvalue weighted by Gasteiger charge is -2.27. The summed E-state index contributed by atoms with van der Waals surface area (Å²) in [6.07, 6.45) is 73.2. The summed E-state index contributed by atoms with van der Waals surface area (Å²) in [5.41, 5.74) is 0. The van der Waals surface area contributed by atoms with E-state index in [0.717, 1.165) is 109 Å². The largest absolute Gasteiger partial charge is 0.472 e. The van der Waals surface area contributed by atoms with Crippen molar-refractivity contribution in [2.45, 2.75) is 213 Å². The number of quaternary nitrogens is 1. The number of esters is 1. The lowest BCUT2D eigenvalue weighted by molar-refractivity contribution is -0.870. The first-order valence-electron chi connectivity index (χ1n) is 28.5. The van der Waals surface area contributed by atoms with E-state index >= 15 is 0 Å². The Labute approximate surface area is 447 Å². The van der Waals surface area contributed by atoms with Gasteiger partial charge in [0.2, 0.25) is 5.91 Å². The van der Waals surface area contributed by atoms with Gasteiger partial charge in [-0.3, -0.25) is 18.6 Å². The number of carbonyl (C=O) groups is 2. The molecule has 0 bridgehead atoms. The zero-order valence-electron chi connectivity index (χ0n) is 47.1. The molecule has 0 radical (unpaired) electrons. The third-order valence-electron chi connectivity index (χ3n) is 11.6. The molecule has 0 saturated carbocycles. The molecule has 0 aliphatic heterocycles. The minimum absolute atomic E-state index is 0.0161. The molecule has 0 aromatic carbocycles. The molecule has 414 valence electrons. The van der Waals surface area contributed by atoms with E-state index in [-0.39, 0.29) is 37.9 Å². The number of likely N-dealkylation sites (N-methyl/N-ethyl adjacent to an activating group) is 1. The van der Waals surface area contributed by atoms with Gasteiger partial charge in [0, 0.05) is 12.8 Å². The second kappa shape index (κ2) is 51.6. The molecular weight excluding hydrogens is 928 g/mol. The molecule has 0 aliphatic rings. The Hall–Kier alpha value is -3.85. The van der Waals surface area contributed by atoms with Gasteiger partial charge in [0.05, 0.1) is 33.8 Å². The van der Waals surface area contributed by atoms with Crippen LogP contribution in [0.2, 0.25) is 0 Å². The van der Waals surface area contributed by atoms with Gasteiger partial charge >= 0.3 is 13.8 Å². The molecule has 0 aliphatic carbocycles. The number of hydrogen-bond donors (Lipinski definition) is 2. The average Bonchev–Trinajstić information content (AvgIpc) is 3.35. The smallest absolute Gasteiger partial charge is 0.456 e. The van der Waals surface area contributed by atoms with Crippen LogP contribution in [0.25, 0.3) is 0 Å². The normalized spacial score (nSPS) is 14.8. The van der Waals surface area contributed by atoms with E-state index in [1.807, 2.05) is 33.3 Å². The summed E-state index contributed by atoms with van der Waals surface area (Å²) in [5, 5.41) is 3.00. The quantitative estimate of drug-likeness (QED) is 0.0205. The van der Waals surface area contributed by atoms with E-state index in [1.54, 1.807) is 0 Å². The van der Waals surface area contributed by atoms with Crippen molar-refractivity contribution in [3.63, 3.8) is 0 Å². The van der Waals surface area contributed by atoms with Gasteiger partial charge in [-0.1, -0.05) is 206 Å². The van der Waals surface area contributed by atoms with Crippen molar-refractivity contribution >= 4 is 19.7 Å². The predicted octanol–water partition coefficient (Wildman–Crippen LogP) is 17.3. The van der Waals surface area contributed by atoms with Gasteiger partial charge in [-0.25, -0.2) is 4.57 Å². The van der Waals surface area contributed by atoms with Crippen LogP contribution in [0.5, 0.6) is 0 Å². The number of nitrogens with one attached hydrogen (secondary N) is 1. The standard InChI is InChI=1S/C63H105N2O7P/c1-7-10-13-16-19-22-25-27-29-31-32-34-36-38-41-44-47-50-53-56-63(67)72-61(54-51-48-45-42-39-24-21-18-15-12-9-3)60(59-71-73(68,69)70-58-57-65(4,5)6)64-62(66)55-52-49-46-43-40-37-35-33-30-28-26-23-20-17-14-11-8-2/h10-11,13-14,19-20,22-23,27-30,32,34-35,37-38,41,43,46,51,54,60-61H,7-9,12,15-18,21,24-26,31,33,36,39-40,42,44-45,47-50,52-53,55-59H2,1-6H3,(H-,64,66,68,69)/p+1/b13-10-,14-11-,22-19-,23-20-,29-27-,30-28-,34-32-,37-35-,41-38-,46-43-,54-51+. The van der Waals surface area contributed by atoms with Gasteiger partial charge in [-0.2, -0.15) is 0 Å². The molecule has 0 heterocycles. The molecule has 3 unspecified atom stereocenters. The van der Waals surface area contributed by atoms with Crippen molar-refractivity contribution in [1.29, 1.82) is 0 Å². The predicted molar refractivity (Wildman–Crippen MR) is 313 cm³/mol. The van der Waals surface area contributed by atoms with E-state index in [4.69, 9.17) is 13.8 Å². The Balaban J connectivity index is 5.48. The van der Waals surface area contributed by atoms with Crippen LogP contribution in [-0.4, -0.2) is 74.3 Å². The minimum Gasteiger partial charge on any atom is -0.456 e. The van der Waals surface area contributed by atoms with Gasteiger partial charge in [0.15, 0.2) is 0 Å². The topological polar surface area (TPSA) is 111 Å². The third kappa shape index (κ3) is 52.8. The van der Waals surface area contributed by atoms with Gasteiger partial charge < -0.3 is 19.4 Å². The van der Waals surface area contributed by atoms with Crippen LogP contribution >= 0.6 is 7.82 Å². The molecule has 9 nitrogen and oxygen atoms in total. The fraction of sp³-hybridized carbons (Fsp3) is 0.619. The molecule has 0 saturated heterocycles. The average molecular weight is 1030 g/mol. The van der Waals surface area contributed by atoms with E-state index in [1.165, 1.54) is 44.9 Å². The number of hydrogen-bond acceptors (Lipinski definition) is 6. The Bertz CT molecular complexity index is 1710. The minimum atomic E-state index is -4.48. The molecule has 10 heteroatoms. The monoisotopic (exact) mass is 1030 g/mol. The van der Waals surface area contributed by atoms with E-state index < -0.39 is 20.0 Å². The number of carbonyl (C=O) groups excluding carboxylic acids is 2. The molecule has 73 heavy (non-hydrogen) atoms. The summed E-state index contributed by atoms with van der Waals surface area (Å²) >= 11 is 0. The molecule has 0 aromatic rings. The lowest BCUT2D eigenvalue weighted by atomic mass is 10.1. The van der Waals surface area contributed by atoms with Crippen LogP contribution in [0.3, 0.4) is 0 Å². The van der Waals surface area contributed by atoms with E-state index in [9.17, 15) is 19.0 Å². The highest BCUT2D eigenvalue weighted by Crippen LogP contribution is 2.43. The Kier molecular flexibility index (Phi) is 48.9. The van der Waals surface area contributed by atoms with Crippen molar-refractivity contribution < 1.29 is 37.3 Å².